The van der Waals surface area contributed by atoms with E-state index in [1.54, 1.807) is 0 Å². The zero-order chi connectivity index (χ0) is 49.3. The Morgan fingerprint density at radius 3 is 1.00 bits per heavy atom. The summed E-state index contributed by atoms with van der Waals surface area (Å²) in [6.45, 7) is 0. The van der Waals surface area contributed by atoms with Crippen LogP contribution < -0.4 is 0 Å². The highest BCUT2D eigenvalue weighted by Crippen LogP contribution is 2.62. The largest absolute Gasteiger partial charge is 0.0622 e. The Kier molecular flexibility index (Phi) is 7.95. The molecule has 0 N–H and O–H groups in total. The maximum Gasteiger partial charge on any atom is -0.000696 e. The van der Waals surface area contributed by atoms with Crippen LogP contribution in [-0.4, -0.2) is 0 Å². The van der Waals surface area contributed by atoms with Crippen LogP contribution in [0.1, 0.15) is 0 Å². The lowest BCUT2D eigenvalue weighted by Crippen LogP contribution is -1.96. The normalized spacial score (nSPS) is 12.5. The van der Waals surface area contributed by atoms with Crippen LogP contribution in [0.5, 0.6) is 0 Å². The molecule has 0 heterocycles. The van der Waals surface area contributed by atoms with E-state index in [1.165, 1.54) is 186 Å². The Labute approximate surface area is 438 Å². The van der Waals surface area contributed by atoms with E-state index in [0.29, 0.717) is 0 Å². The van der Waals surface area contributed by atoms with Gasteiger partial charge in [0.1, 0.15) is 0 Å². The van der Waals surface area contributed by atoms with Gasteiger partial charge in [-0.05, 0) is 186 Å². The monoisotopic (exact) mass is 954 g/mol. The van der Waals surface area contributed by atoms with Crippen molar-refractivity contribution in [2.24, 2.45) is 0 Å². The molecule has 0 aromatic heterocycles. The summed E-state index contributed by atoms with van der Waals surface area (Å²) in [5.74, 6) is 0. The van der Waals surface area contributed by atoms with E-state index in [4.69, 9.17) is 0 Å². The van der Waals surface area contributed by atoms with Gasteiger partial charge >= 0.3 is 0 Å². The lowest BCUT2D eigenvalue weighted by Gasteiger charge is -2.23. The fourth-order valence-electron chi connectivity index (χ4n) is 14.8. The van der Waals surface area contributed by atoms with Gasteiger partial charge in [0.25, 0.3) is 0 Å². The van der Waals surface area contributed by atoms with Crippen molar-refractivity contribution in [2.75, 3.05) is 0 Å². The van der Waals surface area contributed by atoms with Crippen LogP contribution in [0.2, 0.25) is 0 Å². The van der Waals surface area contributed by atoms with Crippen molar-refractivity contribution in [3.63, 3.8) is 0 Å². The molecule has 17 aromatic carbocycles. The molecule has 0 aliphatic heterocycles. The fraction of sp³-hybridized carbons (Fsp3) is 0. The van der Waals surface area contributed by atoms with Crippen LogP contribution in [0, 0.1) is 0 Å². The summed E-state index contributed by atoms with van der Waals surface area (Å²) >= 11 is 0. The SMILES string of the molecule is c1ccc(-c2ccccc2-c2c3c(c(-c4ccccc4-c4ccccc4)c4ccccc24)-c2ccc4c5ccc6c7c(ccc(c8ccc-3c2c84)c57)c2c(-c3ccccc3)c3cccc4c5ccccc5c(c34)c62)cc1. The zero-order valence-corrected chi connectivity index (χ0v) is 41.2. The summed E-state index contributed by atoms with van der Waals surface area (Å²) in [5.41, 5.74) is 17.8. The Morgan fingerprint density at radius 1 is 0.118 bits per heavy atom. The molecule has 1 aliphatic rings. The van der Waals surface area contributed by atoms with Gasteiger partial charge in [0, 0.05) is 0 Å². The van der Waals surface area contributed by atoms with Crippen LogP contribution in [0.25, 0.3) is 186 Å². The molecule has 0 saturated carbocycles. The van der Waals surface area contributed by atoms with Crippen molar-refractivity contribution in [1.82, 2.24) is 0 Å². The van der Waals surface area contributed by atoms with Crippen molar-refractivity contribution < 1.29 is 0 Å². The van der Waals surface area contributed by atoms with Crippen molar-refractivity contribution >= 4 is 108 Å². The molecule has 18 rings (SSSR count). The maximum absolute atomic E-state index is 2.48. The first kappa shape index (κ1) is 40.6. The van der Waals surface area contributed by atoms with Gasteiger partial charge in [-0.25, -0.2) is 0 Å². The minimum atomic E-state index is 1.22. The Morgan fingerprint density at radius 2 is 0.447 bits per heavy atom. The quantitative estimate of drug-likeness (QED) is 0.119. The molecule has 0 heteroatoms. The maximum atomic E-state index is 2.48. The second-order valence-corrected chi connectivity index (χ2v) is 21.2. The van der Waals surface area contributed by atoms with E-state index in [0.717, 1.165) is 0 Å². The third-order valence-electron chi connectivity index (χ3n) is 17.6. The average Bonchev–Trinajstić information content (AvgIpc) is 4.20. The lowest BCUT2D eigenvalue weighted by molar-refractivity contribution is 1.58. The molecule has 1 aliphatic carbocycles. The molecule has 0 fully saturated rings. The lowest BCUT2D eigenvalue weighted by atomic mass is 9.79. The number of benzene rings is 15. The molecule has 17 aromatic rings. The summed E-state index contributed by atoms with van der Waals surface area (Å²) in [7, 11) is 0. The molecular formula is C76H42. The first-order valence-electron chi connectivity index (χ1n) is 26.7. The van der Waals surface area contributed by atoms with Crippen molar-refractivity contribution in [3.05, 3.63) is 255 Å². The van der Waals surface area contributed by atoms with Gasteiger partial charge in [-0.15, -0.1) is 0 Å². The molecule has 0 nitrogen and oxygen atoms in total. The van der Waals surface area contributed by atoms with Gasteiger partial charge in [-0.2, -0.15) is 0 Å². The van der Waals surface area contributed by atoms with Crippen molar-refractivity contribution in [2.45, 2.75) is 0 Å². The van der Waals surface area contributed by atoms with E-state index in [1.807, 2.05) is 0 Å². The van der Waals surface area contributed by atoms with E-state index < -0.39 is 0 Å². The van der Waals surface area contributed by atoms with Gasteiger partial charge in [-0.3, -0.25) is 0 Å². The van der Waals surface area contributed by atoms with Crippen LogP contribution in [0.15, 0.2) is 255 Å². The Bertz CT molecular complexity index is 5110. The van der Waals surface area contributed by atoms with Crippen molar-refractivity contribution in [3.8, 4) is 77.9 Å². The van der Waals surface area contributed by atoms with Gasteiger partial charge in [-0.1, -0.05) is 255 Å². The average molecular weight is 955 g/mol. The molecule has 76 heavy (non-hydrogen) atoms. The number of hydrogen-bond donors (Lipinski definition) is 0. The summed E-state index contributed by atoms with van der Waals surface area (Å²) in [6.07, 6.45) is 0. The predicted octanol–water partition coefficient (Wildman–Crippen LogP) is 21.5. The summed E-state index contributed by atoms with van der Waals surface area (Å²) in [4.78, 5) is 0. The van der Waals surface area contributed by atoms with E-state index in [9.17, 15) is 0 Å². The van der Waals surface area contributed by atoms with Crippen LogP contribution in [0.3, 0.4) is 0 Å². The highest BCUT2D eigenvalue weighted by Gasteiger charge is 2.34. The van der Waals surface area contributed by atoms with E-state index in [-0.39, 0.29) is 0 Å². The third-order valence-corrected chi connectivity index (χ3v) is 17.6. The van der Waals surface area contributed by atoms with E-state index >= 15 is 0 Å². The number of fused-ring (bicyclic) bond motifs is 13. The first-order chi connectivity index (χ1) is 37.8. The second kappa shape index (κ2) is 14.9. The third kappa shape index (κ3) is 5.09. The minimum absolute atomic E-state index is 1.22. The molecule has 0 radical (unpaired) electrons. The summed E-state index contributed by atoms with van der Waals surface area (Å²) in [6, 6.07) is 96.3. The summed E-state index contributed by atoms with van der Waals surface area (Å²) in [5, 5.41) is 26.6. The summed E-state index contributed by atoms with van der Waals surface area (Å²) < 4.78 is 0. The van der Waals surface area contributed by atoms with Gasteiger partial charge in [0.15, 0.2) is 0 Å². The number of rotatable bonds is 5. The molecular weight excluding hydrogens is 913 g/mol. The molecule has 0 bridgehead atoms. The number of hydrogen-bond acceptors (Lipinski definition) is 0. The molecule has 0 saturated heterocycles. The Hall–Kier alpha value is -9.88. The molecule has 0 unspecified atom stereocenters. The van der Waals surface area contributed by atoms with Gasteiger partial charge in [0.2, 0.25) is 0 Å². The fourth-order valence-corrected chi connectivity index (χ4v) is 14.8. The topological polar surface area (TPSA) is 0 Å². The molecule has 0 spiro atoms. The second-order valence-electron chi connectivity index (χ2n) is 21.2. The molecule has 346 valence electrons. The van der Waals surface area contributed by atoms with Crippen LogP contribution in [0.4, 0.5) is 0 Å². The zero-order valence-electron chi connectivity index (χ0n) is 41.2. The first-order valence-corrected chi connectivity index (χ1v) is 26.7. The predicted molar refractivity (Wildman–Crippen MR) is 327 cm³/mol. The van der Waals surface area contributed by atoms with Crippen LogP contribution in [-0.2, 0) is 0 Å². The molecule has 0 atom stereocenters. The van der Waals surface area contributed by atoms with Crippen molar-refractivity contribution in [1.29, 1.82) is 0 Å². The van der Waals surface area contributed by atoms with Gasteiger partial charge < -0.3 is 0 Å². The van der Waals surface area contributed by atoms with E-state index in [2.05, 4.69) is 255 Å². The Balaban J connectivity index is 1.000. The highest BCUT2D eigenvalue weighted by atomic mass is 14.4. The van der Waals surface area contributed by atoms with Gasteiger partial charge in [0.05, 0.1) is 0 Å². The van der Waals surface area contributed by atoms with Crippen LogP contribution >= 0.6 is 0 Å². The molecule has 0 amide bonds. The smallest absolute Gasteiger partial charge is 0.000696 e. The standard InChI is InChI=1S/C76H42/c1-4-19-43(20-5-1)46-25-10-13-28-49(46)67-53-31-16-17-32-54(53)68(50-29-14-11-26-47(50)44-21-6-2-7-22-44)75-62-41-37-57-58-38-42-63-70-60(39-35-55(65(58)70)56-36-40-61(74(67)75)71(62)66(56)57)73-64(45-23-8-3-9-24-45)59-34-18-33-51-48-27-12-15-30-52(48)72(69(51)59)76(63)73/h1-42H. The highest BCUT2D eigenvalue weighted by molar-refractivity contribution is 6.51. The minimum Gasteiger partial charge on any atom is -0.0622 e.